The Morgan fingerprint density at radius 1 is 1.15 bits per heavy atom. The summed E-state index contributed by atoms with van der Waals surface area (Å²) in [6, 6.07) is 11.9. The molecule has 0 atom stereocenters. The van der Waals surface area contributed by atoms with Crippen molar-refractivity contribution in [3.8, 4) is 17.0 Å². The first kappa shape index (κ1) is 11.2. The van der Waals surface area contributed by atoms with Gasteiger partial charge in [-0.3, -0.25) is 4.98 Å². The molecule has 1 aliphatic rings. The molecule has 20 heavy (non-hydrogen) atoms. The molecular weight excluding hydrogens is 250 g/mol. The number of nitrogen functional groups attached to an aromatic ring is 1. The number of pyridine rings is 2. The number of ether oxygens (including phenoxy) is 1. The fraction of sp³-hybridized carbons (Fsp3) is 0.125. The maximum absolute atomic E-state index is 5.91. The molecule has 4 nitrogen and oxygen atoms in total. The van der Waals surface area contributed by atoms with E-state index in [1.165, 1.54) is 5.56 Å². The molecular formula is C16H13N3O. The van der Waals surface area contributed by atoms with Gasteiger partial charge in [-0.2, -0.15) is 0 Å². The minimum atomic E-state index is 0.511. The minimum absolute atomic E-state index is 0.511. The van der Waals surface area contributed by atoms with Gasteiger partial charge in [0.1, 0.15) is 11.6 Å². The van der Waals surface area contributed by atoms with E-state index in [1.54, 1.807) is 6.20 Å². The standard InChI is InChI=1S/C16H13N3O/c17-14-9-11-2-1-6-18-15(11)16(19-14)12-3-4-13-10(8-12)5-7-20-13/h1-4,6,8-9H,5,7H2,(H2,17,19). The Morgan fingerprint density at radius 3 is 3.05 bits per heavy atom. The normalized spacial score (nSPS) is 13.2. The highest BCUT2D eigenvalue weighted by Gasteiger charge is 2.15. The van der Waals surface area contributed by atoms with Crippen molar-refractivity contribution >= 4 is 16.7 Å². The second-order valence-electron chi connectivity index (χ2n) is 4.89. The summed E-state index contributed by atoms with van der Waals surface area (Å²) < 4.78 is 5.54. The lowest BCUT2D eigenvalue weighted by Gasteiger charge is -2.08. The highest BCUT2D eigenvalue weighted by Crippen LogP contribution is 2.32. The molecule has 0 saturated heterocycles. The number of aromatic nitrogens is 2. The van der Waals surface area contributed by atoms with Crippen LogP contribution in [0.2, 0.25) is 0 Å². The van der Waals surface area contributed by atoms with Crippen LogP contribution in [0.15, 0.2) is 42.6 Å². The molecule has 0 aliphatic carbocycles. The molecule has 0 fully saturated rings. The van der Waals surface area contributed by atoms with Crippen molar-refractivity contribution in [1.82, 2.24) is 9.97 Å². The van der Waals surface area contributed by atoms with Crippen molar-refractivity contribution in [2.24, 2.45) is 0 Å². The molecule has 0 radical (unpaired) electrons. The third kappa shape index (κ3) is 1.69. The van der Waals surface area contributed by atoms with Crippen molar-refractivity contribution < 1.29 is 4.74 Å². The molecule has 2 aromatic heterocycles. The van der Waals surface area contributed by atoms with Gasteiger partial charge in [0.05, 0.1) is 17.8 Å². The SMILES string of the molecule is Nc1cc2cccnc2c(-c2ccc3c(c2)CCO3)n1. The minimum Gasteiger partial charge on any atom is -0.493 e. The van der Waals surface area contributed by atoms with E-state index in [0.29, 0.717) is 5.82 Å². The summed E-state index contributed by atoms with van der Waals surface area (Å²) in [5.74, 6) is 1.48. The first-order chi connectivity index (χ1) is 9.81. The quantitative estimate of drug-likeness (QED) is 0.733. The zero-order valence-electron chi connectivity index (χ0n) is 10.8. The number of hydrogen-bond acceptors (Lipinski definition) is 4. The maximum Gasteiger partial charge on any atom is 0.124 e. The lowest BCUT2D eigenvalue weighted by Crippen LogP contribution is -1.95. The first-order valence-electron chi connectivity index (χ1n) is 6.58. The van der Waals surface area contributed by atoms with Gasteiger partial charge in [0.25, 0.3) is 0 Å². The average Bonchev–Trinajstić information content (AvgIpc) is 2.93. The lowest BCUT2D eigenvalue weighted by molar-refractivity contribution is 0.357. The topological polar surface area (TPSA) is 61.0 Å². The Labute approximate surface area is 116 Å². The van der Waals surface area contributed by atoms with Gasteiger partial charge >= 0.3 is 0 Å². The van der Waals surface area contributed by atoms with Crippen LogP contribution >= 0.6 is 0 Å². The fourth-order valence-electron chi connectivity index (χ4n) is 2.64. The van der Waals surface area contributed by atoms with Gasteiger partial charge in [-0.15, -0.1) is 0 Å². The van der Waals surface area contributed by atoms with Gasteiger partial charge in [0.2, 0.25) is 0 Å². The zero-order valence-corrected chi connectivity index (χ0v) is 10.8. The molecule has 0 unspecified atom stereocenters. The van der Waals surface area contributed by atoms with E-state index in [0.717, 1.165) is 40.9 Å². The van der Waals surface area contributed by atoms with Gasteiger partial charge in [-0.25, -0.2) is 4.98 Å². The predicted octanol–water partition coefficient (Wildman–Crippen LogP) is 2.81. The molecule has 0 amide bonds. The van der Waals surface area contributed by atoms with Crippen molar-refractivity contribution in [3.63, 3.8) is 0 Å². The van der Waals surface area contributed by atoms with E-state index in [4.69, 9.17) is 10.5 Å². The summed E-state index contributed by atoms with van der Waals surface area (Å²) in [6.45, 7) is 0.752. The summed E-state index contributed by atoms with van der Waals surface area (Å²) in [4.78, 5) is 8.91. The number of rotatable bonds is 1. The van der Waals surface area contributed by atoms with Gasteiger partial charge in [-0.1, -0.05) is 6.07 Å². The number of nitrogens with zero attached hydrogens (tertiary/aromatic N) is 2. The van der Waals surface area contributed by atoms with Gasteiger partial charge in [0, 0.05) is 23.6 Å². The first-order valence-corrected chi connectivity index (χ1v) is 6.58. The van der Waals surface area contributed by atoms with Crippen LogP contribution in [0.4, 0.5) is 5.82 Å². The van der Waals surface area contributed by atoms with Crippen LogP contribution in [-0.4, -0.2) is 16.6 Å². The molecule has 0 saturated carbocycles. The second-order valence-corrected chi connectivity index (χ2v) is 4.89. The molecule has 3 aromatic rings. The van der Waals surface area contributed by atoms with Crippen molar-refractivity contribution in [3.05, 3.63) is 48.2 Å². The van der Waals surface area contributed by atoms with E-state index in [-0.39, 0.29) is 0 Å². The van der Waals surface area contributed by atoms with Gasteiger partial charge in [-0.05, 0) is 35.9 Å². The Hall–Kier alpha value is -2.62. The Morgan fingerprint density at radius 2 is 2.10 bits per heavy atom. The van der Waals surface area contributed by atoms with E-state index < -0.39 is 0 Å². The van der Waals surface area contributed by atoms with Crippen LogP contribution in [0, 0.1) is 0 Å². The summed E-state index contributed by atoms with van der Waals surface area (Å²) in [6.07, 6.45) is 2.72. The fourth-order valence-corrected chi connectivity index (χ4v) is 2.64. The molecule has 4 rings (SSSR count). The molecule has 3 heterocycles. The largest absolute Gasteiger partial charge is 0.493 e. The Bertz CT molecular complexity index is 814. The third-order valence-corrected chi connectivity index (χ3v) is 3.57. The van der Waals surface area contributed by atoms with Crippen LogP contribution in [-0.2, 0) is 6.42 Å². The zero-order chi connectivity index (χ0) is 13.5. The van der Waals surface area contributed by atoms with E-state index in [2.05, 4.69) is 16.0 Å². The van der Waals surface area contributed by atoms with Gasteiger partial charge in [0.15, 0.2) is 0 Å². The van der Waals surface area contributed by atoms with Crippen LogP contribution in [0.5, 0.6) is 5.75 Å². The second kappa shape index (κ2) is 4.20. The van der Waals surface area contributed by atoms with Crippen molar-refractivity contribution in [1.29, 1.82) is 0 Å². The van der Waals surface area contributed by atoms with Crippen LogP contribution in [0.25, 0.3) is 22.2 Å². The molecule has 4 heteroatoms. The lowest BCUT2D eigenvalue weighted by atomic mass is 10.0. The highest BCUT2D eigenvalue weighted by atomic mass is 16.5. The predicted molar refractivity (Wildman–Crippen MR) is 78.6 cm³/mol. The number of hydrogen-bond donors (Lipinski definition) is 1. The molecule has 2 N–H and O–H groups in total. The molecule has 98 valence electrons. The summed E-state index contributed by atoms with van der Waals surface area (Å²) >= 11 is 0. The van der Waals surface area contributed by atoms with E-state index in [9.17, 15) is 0 Å². The van der Waals surface area contributed by atoms with E-state index >= 15 is 0 Å². The Kier molecular flexibility index (Phi) is 2.36. The number of anilines is 1. The maximum atomic E-state index is 5.91. The van der Waals surface area contributed by atoms with Crippen molar-refractivity contribution in [2.45, 2.75) is 6.42 Å². The molecule has 0 bridgehead atoms. The highest BCUT2D eigenvalue weighted by molar-refractivity contribution is 5.93. The summed E-state index contributed by atoms with van der Waals surface area (Å²) in [7, 11) is 0. The Balaban J connectivity index is 1.98. The molecule has 0 spiro atoms. The number of benzene rings is 1. The number of fused-ring (bicyclic) bond motifs is 2. The summed E-state index contributed by atoms with van der Waals surface area (Å²) in [5.41, 5.74) is 9.87. The van der Waals surface area contributed by atoms with Crippen LogP contribution < -0.4 is 10.5 Å². The third-order valence-electron chi connectivity index (χ3n) is 3.57. The van der Waals surface area contributed by atoms with Crippen LogP contribution in [0.1, 0.15) is 5.56 Å². The smallest absolute Gasteiger partial charge is 0.124 e. The molecule has 1 aliphatic heterocycles. The molecule has 1 aromatic carbocycles. The van der Waals surface area contributed by atoms with E-state index in [1.807, 2.05) is 30.3 Å². The average molecular weight is 263 g/mol. The monoisotopic (exact) mass is 263 g/mol. The van der Waals surface area contributed by atoms with Crippen LogP contribution in [0.3, 0.4) is 0 Å². The van der Waals surface area contributed by atoms with Gasteiger partial charge < -0.3 is 10.5 Å². The van der Waals surface area contributed by atoms with Crippen molar-refractivity contribution in [2.75, 3.05) is 12.3 Å². The summed E-state index contributed by atoms with van der Waals surface area (Å²) in [5, 5.41) is 1.01. The number of nitrogens with two attached hydrogens (primary N) is 1.